The molecule has 3 aromatic carbocycles. The number of rotatable bonds is 7. The fourth-order valence-electron chi connectivity index (χ4n) is 3.11. The first kappa shape index (κ1) is 20.9. The second-order valence-electron chi connectivity index (χ2n) is 6.70. The summed E-state index contributed by atoms with van der Waals surface area (Å²) in [5.41, 5.74) is 2.59. The monoisotopic (exact) mass is 457 g/mol. The van der Waals surface area contributed by atoms with Crippen LogP contribution in [0.2, 0.25) is 10.0 Å². The summed E-state index contributed by atoms with van der Waals surface area (Å²) >= 11 is 13.8. The van der Waals surface area contributed by atoms with Crippen molar-refractivity contribution in [2.75, 3.05) is 0 Å². The van der Waals surface area contributed by atoms with Crippen LogP contribution < -0.4 is 0 Å². The van der Waals surface area contributed by atoms with Crippen LogP contribution in [-0.2, 0) is 18.7 Å². The lowest BCUT2D eigenvalue weighted by atomic mass is 10.1. The molecule has 0 saturated carbocycles. The van der Waals surface area contributed by atoms with Crippen molar-refractivity contribution in [1.82, 2.24) is 14.8 Å². The molecule has 4 aromatic rings. The number of nitrogens with zero attached hydrogens (tertiary/aromatic N) is 3. The summed E-state index contributed by atoms with van der Waals surface area (Å²) in [4.78, 5) is 0. The Hall–Kier alpha value is -2.34. The molecule has 0 amide bonds. The number of aryl methyl sites for hydroxylation is 1. The maximum Gasteiger partial charge on any atom is 0.191 e. The molecule has 7 heteroatoms. The van der Waals surface area contributed by atoms with Gasteiger partial charge in [-0.05, 0) is 41.8 Å². The molecular formula is C23H18Cl2FN3S. The van der Waals surface area contributed by atoms with Crippen LogP contribution in [0, 0.1) is 5.82 Å². The van der Waals surface area contributed by atoms with Crippen LogP contribution >= 0.6 is 35.0 Å². The molecule has 0 aliphatic carbocycles. The van der Waals surface area contributed by atoms with Gasteiger partial charge in [-0.2, -0.15) is 0 Å². The summed E-state index contributed by atoms with van der Waals surface area (Å²) in [6.07, 6.45) is 0.787. The molecule has 0 radical (unpaired) electrons. The fourth-order valence-corrected chi connectivity index (χ4v) is 4.63. The fraction of sp³-hybridized carbons (Fsp3) is 0.130. The first-order valence-corrected chi connectivity index (χ1v) is 11.1. The number of aromatic nitrogens is 3. The number of hydrogen-bond acceptors (Lipinski definition) is 3. The molecule has 1 heterocycles. The van der Waals surface area contributed by atoms with Gasteiger partial charge in [0.15, 0.2) is 11.0 Å². The van der Waals surface area contributed by atoms with Crippen LogP contribution in [0.25, 0.3) is 11.4 Å². The van der Waals surface area contributed by atoms with Crippen molar-refractivity contribution in [2.24, 2.45) is 0 Å². The van der Waals surface area contributed by atoms with E-state index in [1.54, 1.807) is 24.3 Å². The first-order valence-electron chi connectivity index (χ1n) is 9.40. The molecule has 0 bridgehead atoms. The molecule has 3 nitrogen and oxygen atoms in total. The van der Waals surface area contributed by atoms with Crippen LogP contribution in [0.1, 0.15) is 11.1 Å². The van der Waals surface area contributed by atoms with E-state index >= 15 is 0 Å². The van der Waals surface area contributed by atoms with E-state index in [0.717, 1.165) is 17.1 Å². The van der Waals surface area contributed by atoms with Crippen molar-refractivity contribution >= 4 is 35.0 Å². The van der Waals surface area contributed by atoms with Crippen LogP contribution in [-0.4, -0.2) is 14.8 Å². The summed E-state index contributed by atoms with van der Waals surface area (Å²) in [5.74, 6) is 0.813. The van der Waals surface area contributed by atoms with Gasteiger partial charge in [-0.25, -0.2) is 4.39 Å². The zero-order valence-corrected chi connectivity index (χ0v) is 18.3. The molecule has 152 valence electrons. The highest BCUT2D eigenvalue weighted by Crippen LogP contribution is 2.31. The Bertz CT molecular complexity index is 1150. The zero-order valence-electron chi connectivity index (χ0n) is 15.9. The van der Waals surface area contributed by atoms with Crippen molar-refractivity contribution in [1.29, 1.82) is 0 Å². The highest BCUT2D eigenvalue weighted by molar-refractivity contribution is 7.98. The van der Waals surface area contributed by atoms with E-state index in [-0.39, 0.29) is 5.82 Å². The van der Waals surface area contributed by atoms with Crippen LogP contribution in [0.5, 0.6) is 0 Å². The third-order valence-electron chi connectivity index (χ3n) is 4.67. The van der Waals surface area contributed by atoms with E-state index in [0.29, 0.717) is 33.7 Å². The third-order valence-corrected chi connectivity index (χ3v) is 6.27. The summed E-state index contributed by atoms with van der Waals surface area (Å²) in [5, 5.41) is 10.6. The summed E-state index contributed by atoms with van der Waals surface area (Å²) in [6, 6.07) is 22.2. The van der Waals surface area contributed by atoms with Crippen molar-refractivity contribution in [3.05, 3.63) is 99.8 Å². The SMILES string of the molecule is Fc1ccccc1-c1nnc(SCc2ccc(Cl)cc2Cl)n1CCc1ccccc1. The molecule has 0 aliphatic heterocycles. The lowest BCUT2D eigenvalue weighted by molar-refractivity contribution is 0.616. The molecule has 4 rings (SSSR count). The molecular weight excluding hydrogens is 440 g/mol. The predicted octanol–water partition coefficient (Wildman–Crippen LogP) is 6.93. The normalized spacial score (nSPS) is 11.0. The van der Waals surface area contributed by atoms with Gasteiger partial charge in [-0.3, -0.25) is 0 Å². The van der Waals surface area contributed by atoms with Gasteiger partial charge in [0.25, 0.3) is 0 Å². The smallest absolute Gasteiger partial charge is 0.191 e. The van der Waals surface area contributed by atoms with E-state index in [9.17, 15) is 4.39 Å². The maximum absolute atomic E-state index is 14.5. The average molecular weight is 458 g/mol. The Morgan fingerprint density at radius 2 is 1.67 bits per heavy atom. The molecule has 0 saturated heterocycles. The van der Waals surface area contributed by atoms with Gasteiger partial charge in [0.2, 0.25) is 0 Å². The van der Waals surface area contributed by atoms with E-state index in [1.165, 1.54) is 23.4 Å². The van der Waals surface area contributed by atoms with Crippen molar-refractivity contribution in [3.8, 4) is 11.4 Å². The minimum Gasteiger partial charge on any atom is -0.302 e. The molecule has 0 unspecified atom stereocenters. The Morgan fingerprint density at radius 1 is 0.900 bits per heavy atom. The lowest BCUT2D eigenvalue weighted by Crippen LogP contribution is -2.06. The quantitative estimate of drug-likeness (QED) is 0.282. The number of thioether (sulfide) groups is 1. The van der Waals surface area contributed by atoms with Gasteiger partial charge in [0, 0.05) is 22.3 Å². The summed E-state index contributed by atoms with van der Waals surface area (Å²) in [6.45, 7) is 0.636. The van der Waals surface area contributed by atoms with E-state index in [1.807, 2.05) is 34.9 Å². The number of benzene rings is 3. The van der Waals surface area contributed by atoms with Gasteiger partial charge < -0.3 is 4.57 Å². The summed E-state index contributed by atoms with van der Waals surface area (Å²) < 4.78 is 16.4. The third kappa shape index (κ3) is 4.86. The molecule has 0 N–H and O–H groups in total. The molecule has 0 aliphatic rings. The number of hydrogen-bond donors (Lipinski definition) is 0. The Labute approximate surface area is 188 Å². The van der Waals surface area contributed by atoms with Gasteiger partial charge in [-0.1, -0.05) is 83.5 Å². The predicted molar refractivity (Wildman–Crippen MR) is 122 cm³/mol. The maximum atomic E-state index is 14.5. The van der Waals surface area contributed by atoms with Crippen molar-refractivity contribution in [2.45, 2.75) is 23.9 Å². The van der Waals surface area contributed by atoms with E-state index in [2.05, 4.69) is 22.3 Å². The second kappa shape index (κ2) is 9.65. The Kier molecular flexibility index (Phi) is 6.72. The standard InChI is InChI=1S/C23H18Cl2FN3S/c24-18-11-10-17(20(25)14-18)15-30-23-28-27-22(19-8-4-5-9-21(19)26)29(23)13-12-16-6-2-1-3-7-16/h1-11,14H,12-13,15H2. The first-order chi connectivity index (χ1) is 14.6. The minimum absolute atomic E-state index is 0.317. The van der Waals surface area contributed by atoms with Crippen LogP contribution in [0.4, 0.5) is 4.39 Å². The van der Waals surface area contributed by atoms with Gasteiger partial charge in [0.05, 0.1) is 5.56 Å². The van der Waals surface area contributed by atoms with Gasteiger partial charge >= 0.3 is 0 Å². The molecule has 1 aromatic heterocycles. The summed E-state index contributed by atoms with van der Waals surface area (Å²) in [7, 11) is 0. The highest BCUT2D eigenvalue weighted by atomic mass is 35.5. The second-order valence-corrected chi connectivity index (χ2v) is 8.48. The average Bonchev–Trinajstić information content (AvgIpc) is 3.15. The molecule has 0 fully saturated rings. The molecule has 0 atom stereocenters. The zero-order chi connectivity index (χ0) is 20.9. The van der Waals surface area contributed by atoms with Crippen LogP contribution in [0.3, 0.4) is 0 Å². The van der Waals surface area contributed by atoms with Crippen molar-refractivity contribution < 1.29 is 4.39 Å². The molecule has 30 heavy (non-hydrogen) atoms. The van der Waals surface area contributed by atoms with Crippen LogP contribution in [0.15, 0.2) is 78.0 Å². The number of halogens is 3. The van der Waals surface area contributed by atoms with Gasteiger partial charge in [-0.15, -0.1) is 10.2 Å². The minimum atomic E-state index is -0.317. The molecule has 0 spiro atoms. The van der Waals surface area contributed by atoms with Gasteiger partial charge in [0.1, 0.15) is 5.82 Å². The van der Waals surface area contributed by atoms with Crippen molar-refractivity contribution in [3.63, 3.8) is 0 Å². The Morgan fingerprint density at radius 3 is 2.43 bits per heavy atom. The topological polar surface area (TPSA) is 30.7 Å². The lowest BCUT2D eigenvalue weighted by Gasteiger charge is -2.11. The van der Waals surface area contributed by atoms with E-state index < -0.39 is 0 Å². The van der Waals surface area contributed by atoms with E-state index in [4.69, 9.17) is 23.2 Å². The largest absolute Gasteiger partial charge is 0.302 e. The Balaban J connectivity index is 1.63. The highest BCUT2D eigenvalue weighted by Gasteiger charge is 2.17.